The zero-order chi connectivity index (χ0) is 31.1. The average Bonchev–Trinajstić information content (AvgIpc) is 3.64. The molecule has 0 aromatic rings. The maximum absolute atomic E-state index is 15.0. The third kappa shape index (κ3) is 9.60. The van der Waals surface area contributed by atoms with E-state index in [2.05, 4.69) is 20.5 Å². The summed E-state index contributed by atoms with van der Waals surface area (Å²) >= 11 is 6.29. The van der Waals surface area contributed by atoms with Crippen LogP contribution in [0.2, 0.25) is 0 Å². The van der Waals surface area contributed by atoms with Gasteiger partial charge in [-0.25, -0.2) is 17.6 Å². The van der Waals surface area contributed by atoms with E-state index in [9.17, 15) is 22.4 Å². The predicted octanol–water partition coefficient (Wildman–Crippen LogP) is 1.37. The summed E-state index contributed by atoms with van der Waals surface area (Å²) < 4.78 is 51.5. The lowest BCUT2D eigenvalue weighted by molar-refractivity contribution is -0.129. The maximum Gasteiger partial charge on any atom is 0.320 e. The standard InChI is InChI=1S/C28H50ClFN6O6S/c1-34-16-25(31-18-34)21-12-23(26(30)24(29)13-21)27(37)32-33-43(39,40)17-20-8-9-35(15-20)28(38)36(10-11-41-2)14-19-4-6-22(42-3)7-5-19/h19-26,31,33H,4-18H2,1-3H3,(H,32,37). The van der Waals surface area contributed by atoms with Gasteiger partial charge in [0.25, 0.3) is 0 Å². The Bertz CT molecular complexity index is 1040. The number of hydrazine groups is 1. The summed E-state index contributed by atoms with van der Waals surface area (Å²) in [6.07, 6.45) is 3.96. The van der Waals surface area contributed by atoms with Crippen LogP contribution in [-0.2, 0) is 24.3 Å². The maximum atomic E-state index is 15.0. The Balaban J connectivity index is 1.25. The Morgan fingerprint density at radius 3 is 2.49 bits per heavy atom. The van der Waals surface area contributed by atoms with E-state index in [0.717, 1.165) is 38.9 Å². The van der Waals surface area contributed by atoms with E-state index in [1.54, 1.807) is 19.1 Å². The third-order valence-electron chi connectivity index (χ3n) is 9.63. The number of likely N-dealkylation sites (tertiary alicyclic amines) is 1. The van der Waals surface area contributed by atoms with Crippen molar-refractivity contribution in [1.29, 1.82) is 0 Å². The summed E-state index contributed by atoms with van der Waals surface area (Å²) in [5.41, 5.74) is 2.25. The summed E-state index contributed by atoms with van der Waals surface area (Å²) in [4.78, 5) is 34.2. The van der Waals surface area contributed by atoms with Crippen LogP contribution in [-0.4, -0.2) is 132 Å². The van der Waals surface area contributed by atoms with Gasteiger partial charge in [-0.15, -0.1) is 16.4 Å². The summed E-state index contributed by atoms with van der Waals surface area (Å²) in [6, 6.07) is 0.00126. The molecule has 3 N–H and O–H groups in total. The van der Waals surface area contributed by atoms with Crippen molar-refractivity contribution in [2.24, 2.45) is 23.7 Å². The van der Waals surface area contributed by atoms with E-state index in [4.69, 9.17) is 21.1 Å². The van der Waals surface area contributed by atoms with Gasteiger partial charge in [0.1, 0.15) is 6.17 Å². The van der Waals surface area contributed by atoms with Gasteiger partial charge < -0.3 is 19.3 Å². The highest BCUT2D eigenvalue weighted by Crippen LogP contribution is 2.37. The van der Waals surface area contributed by atoms with Crippen molar-refractivity contribution in [3.63, 3.8) is 0 Å². The SMILES string of the molecule is COCCN(CC1CCC(OC)CC1)C(=O)N1CCC(CS(=O)(=O)NNC(=O)C2CC(C3CN(C)CN3)CC(Cl)C2F)C1. The van der Waals surface area contributed by atoms with Crippen LogP contribution in [0.3, 0.4) is 0 Å². The number of methoxy groups -OCH3 is 2. The van der Waals surface area contributed by atoms with Crippen molar-refractivity contribution in [2.75, 3.05) is 73.0 Å². The van der Waals surface area contributed by atoms with Gasteiger partial charge in [0, 0.05) is 59.7 Å². The molecule has 2 heterocycles. The minimum absolute atomic E-state index is 0.0117. The first-order valence-electron chi connectivity index (χ1n) is 15.5. The smallest absolute Gasteiger partial charge is 0.320 e. The fourth-order valence-electron chi connectivity index (χ4n) is 7.10. The van der Waals surface area contributed by atoms with Gasteiger partial charge in [-0.05, 0) is 69.7 Å². The number of alkyl halides is 2. The lowest BCUT2D eigenvalue weighted by Crippen LogP contribution is -2.52. The van der Waals surface area contributed by atoms with E-state index < -0.39 is 33.4 Å². The number of carbonyl (C=O) groups is 2. The van der Waals surface area contributed by atoms with Gasteiger partial charge in [0.2, 0.25) is 15.9 Å². The minimum Gasteiger partial charge on any atom is -0.383 e. The van der Waals surface area contributed by atoms with Crippen LogP contribution < -0.4 is 15.6 Å². The van der Waals surface area contributed by atoms with Gasteiger partial charge in [-0.1, -0.05) is 0 Å². The predicted molar refractivity (Wildman–Crippen MR) is 162 cm³/mol. The van der Waals surface area contributed by atoms with Crippen LogP contribution in [0.1, 0.15) is 44.9 Å². The van der Waals surface area contributed by atoms with Crippen LogP contribution in [0.5, 0.6) is 0 Å². The highest BCUT2D eigenvalue weighted by molar-refractivity contribution is 7.89. The molecule has 2 aliphatic carbocycles. The van der Waals surface area contributed by atoms with E-state index in [1.165, 1.54) is 0 Å². The molecular formula is C28H50ClFN6O6S. The number of likely N-dealkylation sites (N-methyl/N-ethyl adjacent to an activating group) is 1. The number of nitrogens with zero attached hydrogens (tertiary/aromatic N) is 3. The van der Waals surface area contributed by atoms with Crippen molar-refractivity contribution in [3.8, 4) is 0 Å². The van der Waals surface area contributed by atoms with Crippen LogP contribution in [0, 0.1) is 23.7 Å². The normalized spacial score (nSPS) is 33.9. The second-order valence-electron chi connectivity index (χ2n) is 12.9. The first kappa shape index (κ1) is 34.6. The molecule has 0 aromatic carbocycles. The average molecular weight is 653 g/mol. The van der Waals surface area contributed by atoms with Gasteiger partial charge in [0.05, 0.1) is 29.8 Å². The molecule has 15 heteroatoms. The number of halogens is 2. The summed E-state index contributed by atoms with van der Waals surface area (Å²) in [6.45, 7) is 3.80. The Hall–Kier alpha value is -1.29. The molecule has 12 nitrogen and oxygen atoms in total. The molecule has 2 aliphatic heterocycles. The fraction of sp³-hybridized carbons (Fsp3) is 0.929. The molecule has 0 bridgehead atoms. The van der Waals surface area contributed by atoms with Crippen molar-refractivity contribution in [3.05, 3.63) is 0 Å². The molecule has 2 saturated carbocycles. The highest BCUT2D eigenvalue weighted by Gasteiger charge is 2.44. The number of nitrogens with one attached hydrogen (secondary N) is 3. The van der Waals surface area contributed by atoms with Crippen molar-refractivity contribution >= 4 is 33.6 Å². The molecule has 6 unspecified atom stereocenters. The quantitative estimate of drug-likeness (QED) is 0.213. The molecular weight excluding hydrogens is 603 g/mol. The Morgan fingerprint density at radius 1 is 1.09 bits per heavy atom. The van der Waals surface area contributed by atoms with E-state index in [0.29, 0.717) is 51.5 Å². The molecule has 248 valence electrons. The lowest BCUT2D eigenvalue weighted by Gasteiger charge is -2.37. The van der Waals surface area contributed by atoms with Crippen LogP contribution >= 0.6 is 11.6 Å². The number of rotatable bonds is 12. The Kier molecular flexibility index (Phi) is 12.7. The Labute approximate surface area is 260 Å². The molecule has 6 atom stereocenters. The van der Waals surface area contributed by atoms with E-state index >= 15 is 0 Å². The monoisotopic (exact) mass is 652 g/mol. The number of sulfonamides is 1. The number of hydrogen-bond donors (Lipinski definition) is 3. The Morgan fingerprint density at radius 2 is 1.84 bits per heavy atom. The summed E-state index contributed by atoms with van der Waals surface area (Å²) in [7, 11) is 1.41. The molecule has 0 spiro atoms. The third-order valence-corrected chi connectivity index (χ3v) is 11.4. The minimum atomic E-state index is -3.92. The molecule has 2 saturated heterocycles. The van der Waals surface area contributed by atoms with E-state index in [1.807, 2.05) is 11.9 Å². The fourth-order valence-corrected chi connectivity index (χ4v) is 8.74. The van der Waals surface area contributed by atoms with Crippen LogP contribution in [0.4, 0.5) is 9.18 Å². The zero-order valence-electron chi connectivity index (χ0n) is 25.7. The van der Waals surface area contributed by atoms with Gasteiger partial charge in [-0.2, -0.15) is 0 Å². The first-order valence-corrected chi connectivity index (χ1v) is 17.6. The number of ether oxygens (including phenoxy) is 2. The molecule has 0 aromatic heterocycles. The molecule has 43 heavy (non-hydrogen) atoms. The molecule has 3 amide bonds. The van der Waals surface area contributed by atoms with Gasteiger partial charge in [0.15, 0.2) is 0 Å². The number of amides is 3. The van der Waals surface area contributed by atoms with E-state index in [-0.39, 0.29) is 42.2 Å². The number of urea groups is 1. The largest absolute Gasteiger partial charge is 0.383 e. The van der Waals surface area contributed by atoms with Crippen LogP contribution in [0.25, 0.3) is 0 Å². The number of carbonyl (C=O) groups excluding carboxylic acids is 2. The van der Waals surface area contributed by atoms with Gasteiger partial charge >= 0.3 is 6.03 Å². The molecule has 0 radical (unpaired) electrons. The number of hydrogen-bond acceptors (Lipinski definition) is 8. The summed E-state index contributed by atoms with van der Waals surface area (Å²) in [5, 5.41) is 2.56. The topological polar surface area (TPSA) is 133 Å². The van der Waals surface area contributed by atoms with Gasteiger partial charge in [-0.3, -0.25) is 20.4 Å². The van der Waals surface area contributed by atoms with Crippen LogP contribution in [0.15, 0.2) is 0 Å². The second-order valence-corrected chi connectivity index (χ2v) is 15.2. The zero-order valence-corrected chi connectivity index (χ0v) is 27.3. The molecule has 4 aliphatic rings. The molecule has 4 rings (SSSR count). The second kappa shape index (κ2) is 15.8. The van der Waals surface area contributed by atoms with Crippen molar-refractivity contribution in [2.45, 2.75) is 68.6 Å². The van der Waals surface area contributed by atoms with Crippen molar-refractivity contribution < 1.29 is 31.9 Å². The van der Waals surface area contributed by atoms with Crippen molar-refractivity contribution in [1.82, 2.24) is 30.3 Å². The molecule has 4 fully saturated rings. The highest BCUT2D eigenvalue weighted by atomic mass is 35.5. The summed E-state index contributed by atoms with van der Waals surface area (Å²) in [5.74, 6) is -1.89. The first-order chi connectivity index (χ1) is 20.5. The lowest BCUT2D eigenvalue weighted by atomic mass is 9.76.